The highest BCUT2D eigenvalue weighted by Gasteiger charge is 2.56. The Kier molecular flexibility index (Phi) is 7.22. The minimum absolute atomic E-state index is 0.0287. The number of fused-ring (bicyclic) bond motifs is 6. The first kappa shape index (κ1) is 32.4. The molecule has 0 radical (unpaired) electrons. The second-order valence-electron chi connectivity index (χ2n) is 9.93. The highest BCUT2D eigenvalue weighted by molar-refractivity contribution is 8.32. The molecule has 242 valence electrons. The van der Waals surface area contributed by atoms with Gasteiger partial charge in [-0.25, -0.2) is 9.59 Å². The summed E-state index contributed by atoms with van der Waals surface area (Å²) in [6.45, 7) is 0. The van der Waals surface area contributed by atoms with Gasteiger partial charge in [-0.05, 0) is 67.1 Å². The summed E-state index contributed by atoms with van der Waals surface area (Å²) in [7, 11) is -13.8. The summed E-state index contributed by atoms with van der Waals surface area (Å²) in [5.41, 5.74) is -13.5. The third-order valence-corrected chi connectivity index (χ3v) is 11.9. The number of ether oxygens (including phenoxy) is 2. The topological polar surface area (TPSA) is 139 Å². The van der Waals surface area contributed by atoms with E-state index in [4.69, 9.17) is 9.47 Å². The first-order chi connectivity index (χ1) is 20.6. The molecule has 0 fully saturated rings. The molecule has 0 saturated heterocycles. The van der Waals surface area contributed by atoms with Gasteiger partial charge in [0.25, 0.3) is 0 Å². The summed E-state index contributed by atoms with van der Waals surface area (Å²) < 4.78 is 145. The third kappa shape index (κ3) is 4.96. The number of benzene rings is 3. The van der Waals surface area contributed by atoms with Crippen molar-refractivity contribution in [3.8, 4) is 11.5 Å². The van der Waals surface area contributed by atoms with Gasteiger partial charge in [0.05, 0.1) is 18.2 Å². The summed E-state index contributed by atoms with van der Waals surface area (Å²) in [4.78, 5) is 25.7. The van der Waals surface area contributed by atoms with Gasteiger partial charge in [0.2, 0.25) is 0 Å². The van der Waals surface area contributed by atoms with E-state index in [1.54, 1.807) is 0 Å². The minimum atomic E-state index is -6.14. The van der Waals surface area contributed by atoms with Crippen molar-refractivity contribution < 1.29 is 70.6 Å². The van der Waals surface area contributed by atoms with E-state index in [1.165, 1.54) is 30.7 Å². The van der Waals surface area contributed by atoms with Gasteiger partial charge >= 0.3 is 43.2 Å². The van der Waals surface area contributed by atoms with E-state index >= 15 is 0 Å². The maximum atomic E-state index is 13.2. The number of hydrogen-bond donors (Lipinski definition) is 0. The minimum Gasteiger partial charge on any atom is -0.465 e. The predicted molar refractivity (Wildman–Crippen MR) is 143 cm³/mol. The van der Waals surface area contributed by atoms with E-state index in [-0.39, 0.29) is 37.6 Å². The fourth-order valence-corrected chi connectivity index (χ4v) is 8.54. The average molecular weight is 701 g/mol. The van der Waals surface area contributed by atoms with E-state index in [2.05, 4.69) is 8.37 Å². The van der Waals surface area contributed by atoms with Crippen LogP contribution in [0.5, 0.6) is 11.5 Å². The second kappa shape index (κ2) is 10.0. The van der Waals surface area contributed by atoms with Crippen LogP contribution in [0.15, 0.2) is 64.4 Å². The second-order valence-corrected chi connectivity index (χ2v) is 16.5. The standard InChI is InChI=1S/C26H18F6O10S3/c1-39-22(33)13-4-7-16-19(10-13)24(40-23(16)34)17-8-5-14(41-44(35,36)25(27,28)29)11-20(17)43(2,3)21-12-15(6-9-18(21)24)42-45(37,38)26(30,31)32/h4-12H,1-3H3. The van der Waals surface area contributed by atoms with Crippen LogP contribution in [0.3, 0.4) is 0 Å². The molecule has 0 aromatic heterocycles. The average Bonchev–Trinajstić information content (AvgIpc) is 3.22. The SMILES string of the molecule is COC(=O)c1ccc2c(c1)C1(OC2=O)c2ccc(OS(=O)(=O)C(F)(F)F)cc2S(C)(C)c2cc(OS(=O)(=O)C(F)(F)F)ccc21. The molecule has 19 heteroatoms. The number of halogens is 6. The molecule has 2 aliphatic rings. The summed E-state index contributed by atoms with van der Waals surface area (Å²) in [5, 5.41) is 0. The number of hydrogen-bond acceptors (Lipinski definition) is 10. The maximum Gasteiger partial charge on any atom is 0.534 e. The first-order valence-corrected chi connectivity index (χ1v) is 17.3. The lowest BCUT2D eigenvalue weighted by atomic mass is 9.79. The van der Waals surface area contributed by atoms with Crippen molar-refractivity contribution in [3.63, 3.8) is 0 Å². The number of rotatable bonds is 5. The zero-order valence-corrected chi connectivity index (χ0v) is 25.2. The Morgan fingerprint density at radius 3 is 1.64 bits per heavy atom. The largest absolute Gasteiger partial charge is 0.534 e. The van der Waals surface area contributed by atoms with Crippen molar-refractivity contribution in [3.05, 3.63) is 82.4 Å². The van der Waals surface area contributed by atoms with Crippen LogP contribution in [0.25, 0.3) is 0 Å². The summed E-state index contributed by atoms with van der Waals surface area (Å²) in [6, 6.07) is 9.73. The van der Waals surface area contributed by atoms with Crippen LogP contribution in [-0.4, -0.2) is 59.4 Å². The molecule has 0 N–H and O–H groups in total. The molecule has 0 aliphatic carbocycles. The third-order valence-electron chi connectivity index (χ3n) is 7.03. The molecule has 45 heavy (non-hydrogen) atoms. The molecule has 0 bridgehead atoms. The Balaban J connectivity index is 1.82. The van der Waals surface area contributed by atoms with Crippen LogP contribution in [0.2, 0.25) is 0 Å². The Morgan fingerprint density at radius 1 is 0.756 bits per heavy atom. The van der Waals surface area contributed by atoms with Crippen LogP contribution in [0.1, 0.15) is 37.4 Å². The van der Waals surface area contributed by atoms with Crippen molar-refractivity contribution in [2.24, 2.45) is 0 Å². The van der Waals surface area contributed by atoms with Crippen LogP contribution < -0.4 is 8.37 Å². The molecule has 1 spiro atoms. The lowest BCUT2D eigenvalue weighted by molar-refractivity contribution is -0.0504. The van der Waals surface area contributed by atoms with Gasteiger partial charge in [0.15, 0.2) is 5.60 Å². The number of carbonyl (C=O) groups excluding carboxylic acids is 2. The molecule has 0 saturated carbocycles. The highest BCUT2D eigenvalue weighted by Crippen LogP contribution is 2.69. The fraction of sp³-hybridized carbons (Fsp3) is 0.231. The monoisotopic (exact) mass is 700 g/mol. The summed E-state index contributed by atoms with van der Waals surface area (Å²) in [6.07, 6.45) is 3.04. The zero-order chi connectivity index (χ0) is 33.5. The van der Waals surface area contributed by atoms with E-state index < -0.39 is 70.3 Å². The molecule has 2 heterocycles. The number of alkyl halides is 6. The van der Waals surface area contributed by atoms with E-state index in [1.807, 2.05) is 0 Å². The lowest BCUT2D eigenvalue weighted by Gasteiger charge is -2.47. The van der Waals surface area contributed by atoms with Gasteiger partial charge in [0, 0.05) is 26.5 Å². The predicted octanol–water partition coefficient (Wildman–Crippen LogP) is 5.19. The fourth-order valence-electron chi connectivity index (χ4n) is 5.05. The van der Waals surface area contributed by atoms with Crippen LogP contribution in [-0.2, 0) is 35.3 Å². The van der Waals surface area contributed by atoms with Gasteiger partial charge in [0.1, 0.15) is 11.5 Å². The van der Waals surface area contributed by atoms with Crippen molar-refractivity contribution in [2.45, 2.75) is 26.4 Å². The Morgan fingerprint density at radius 2 is 1.22 bits per heavy atom. The molecule has 10 nitrogen and oxygen atoms in total. The number of carbonyl (C=O) groups is 2. The molecular weight excluding hydrogens is 682 g/mol. The Labute approximate surface area is 252 Å². The molecule has 0 amide bonds. The van der Waals surface area contributed by atoms with Gasteiger partial charge in [-0.2, -0.15) is 53.2 Å². The molecular formula is C26H18F6O10S3. The zero-order valence-electron chi connectivity index (χ0n) is 22.8. The van der Waals surface area contributed by atoms with Crippen molar-refractivity contribution in [1.29, 1.82) is 0 Å². The van der Waals surface area contributed by atoms with Crippen LogP contribution in [0.4, 0.5) is 26.3 Å². The molecule has 3 aromatic rings. The summed E-state index contributed by atoms with van der Waals surface area (Å²) in [5.74, 6) is -3.35. The number of methoxy groups -OCH3 is 1. The van der Waals surface area contributed by atoms with Gasteiger partial charge in [-0.15, -0.1) is 0 Å². The molecule has 0 atom stereocenters. The smallest absolute Gasteiger partial charge is 0.465 e. The first-order valence-electron chi connectivity index (χ1n) is 12.1. The highest BCUT2D eigenvalue weighted by atomic mass is 32.3. The van der Waals surface area contributed by atoms with E-state index in [9.17, 15) is 52.8 Å². The maximum absolute atomic E-state index is 13.2. The normalized spacial score (nSPS) is 17.4. The Bertz CT molecular complexity index is 1900. The molecule has 2 aliphatic heterocycles. The van der Waals surface area contributed by atoms with Gasteiger partial charge in [-0.3, -0.25) is 0 Å². The van der Waals surface area contributed by atoms with Crippen molar-refractivity contribution >= 4 is 42.2 Å². The van der Waals surface area contributed by atoms with Crippen LogP contribution in [0, 0.1) is 0 Å². The van der Waals surface area contributed by atoms with Crippen molar-refractivity contribution in [1.82, 2.24) is 0 Å². The van der Waals surface area contributed by atoms with E-state index in [0.29, 0.717) is 0 Å². The quantitative estimate of drug-likeness (QED) is 0.151. The Hall–Kier alpha value is -3.97. The van der Waals surface area contributed by atoms with Gasteiger partial charge in [-0.1, -0.05) is 0 Å². The molecule has 0 unspecified atom stereocenters. The molecule has 5 rings (SSSR count). The molecule has 3 aromatic carbocycles. The van der Waals surface area contributed by atoms with Crippen LogP contribution >= 0.6 is 10.0 Å². The number of esters is 2. The lowest BCUT2D eigenvalue weighted by Crippen LogP contribution is -2.36. The van der Waals surface area contributed by atoms with E-state index in [0.717, 1.165) is 43.5 Å². The van der Waals surface area contributed by atoms with Crippen molar-refractivity contribution in [2.75, 3.05) is 19.6 Å². The summed E-state index contributed by atoms with van der Waals surface area (Å²) >= 11 is 0. The van der Waals surface area contributed by atoms with Gasteiger partial charge < -0.3 is 17.8 Å².